The van der Waals surface area contributed by atoms with Crippen molar-refractivity contribution in [2.24, 2.45) is 0 Å². The third-order valence-electron chi connectivity index (χ3n) is 4.99. The van der Waals surface area contributed by atoms with Gasteiger partial charge >= 0.3 is 0 Å². The van der Waals surface area contributed by atoms with Crippen LogP contribution in [0.5, 0.6) is 0 Å². The van der Waals surface area contributed by atoms with Crippen LogP contribution in [-0.2, 0) is 0 Å². The van der Waals surface area contributed by atoms with Crippen molar-refractivity contribution in [2.45, 2.75) is 19.8 Å². The summed E-state index contributed by atoms with van der Waals surface area (Å²) in [6.45, 7) is 8.36. The third kappa shape index (κ3) is 3.16. The number of hydrogen-bond acceptors (Lipinski definition) is 5. The lowest BCUT2D eigenvalue weighted by molar-refractivity contribution is 0.639. The molecule has 2 fully saturated rings. The van der Waals surface area contributed by atoms with Crippen LogP contribution in [-0.4, -0.2) is 49.2 Å². The van der Waals surface area contributed by atoms with Crippen molar-refractivity contribution < 1.29 is 0 Å². The van der Waals surface area contributed by atoms with E-state index in [9.17, 15) is 0 Å². The lowest BCUT2D eigenvalue weighted by Gasteiger charge is -2.36. The summed E-state index contributed by atoms with van der Waals surface area (Å²) < 4.78 is 0. The minimum Gasteiger partial charge on any atom is -0.368 e. The average Bonchev–Trinajstić information content (AvgIpc) is 3.17. The van der Waals surface area contributed by atoms with Gasteiger partial charge in [0.25, 0.3) is 0 Å². The molecule has 5 heteroatoms. The second-order valence-electron chi connectivity index (χ2n) is 6.72. The van der Waals surface area contributed by atoms with Crippen LogP contribution in [0.2, 0.25) is 0 Å². The molecule has 0 unspecified atom stereocenters. The van der Waals surface area contributed by atoms with E-state index in [1.54, 1.807) is 0 Å². The maximum absolute atomic E-state index is 4.81. The molecule has 2 aromatic rings. The molecule has 0 atom stereocenters. The van der Waals surface area contributed by atoms with E-state index in [4.69, 9.17) is 4.98 Å². The summed E-state index contributed by atoms with van der Waals surface area (Å²) in [6.07, 6.45) is 4.45. The van der Waals surface area contributed by atoms with E-state index in [-0.39, 0.29) is 0 Å². The highest BCUT2D eigenvalue weighted by Gasteiger charge is 2.21. The smallest absolute Gasteiger partial charge is 0.227 e. The Kier molecular flexibility index (Phi) is 4.24. The number of hydrogen-bond donors (Lipinski definition) is 0. The maximum atomic E-state index is 4.81. The first-order valence-electron chi connectivity index (χ1n) is 8.94. The Hall–Kier alpha value is -2.30. The SMILES string of the molecule is Cc1cccc(N2CCN(c3nccc(N4CCCC4)n3)CC2)c1. The summed E-state index contributed by atoms with van der Waals surface area (Å²) in [5.74, 6) is 1.96. The summed E-state index contributed by atoms with van der Waals surface area (Å²) in [5.41, 5.74) is 2.64. The molecular weight excluding hydrogens is 298 g/mol. The normalized spacial score (nSPS) is 18.3. The quantitative estimate of drug-likeness (QED) is 0.868. The van der Waals surface area contributed by atoms with Gasteiger partial charge in [0, 0.05) is 51.2 Å². The molecule has 0 saturated carbocycles. The molecule has 4 rings (SSSR count). The molecule has 0 bridgehead atoms. The topological polar surface area (TPSA) is 35.5 Å². The van der Waals surface area contributed by atoms with Gasteiger partial charge in [-0.25, -0.2) is 4.98 Å². The van der Waals surface area contributed by atoms with Gasteiger partial charge in [0.1, 0.15) is 5.82 Å². The Morgan fingerprint density at radius 1 is 0.833 bits per heavy atom. The first kappa shape index (κ1) is 15.2. The van der Waals surface area contributed by atoms with Gasteiger partial charge in [-0.15, -0.1) is 0 Å². The fourth-order valence-electron chi connectivity index (χ4n) is 3.60. The van der Waals surface area contributed by atoms with Gasteiger partial charge in [-0.05, 0) is 43.5 Å². The molecule has 0 radical (unpaired) electrons. The van der Waals surface area contributed by atoms with Crippen LogP contribution < -0.4 is 14.7 Å². The minimum atomic E-state index is 0.878. The molecule has 2 saturated heterocycles. The van der Waals surface area contributed by atoms with Gasteiger partial charge in [0.05, 0.1) is 0 Å². The number of piperazine rings is 1. The average molecular weight is 323 g/mol. The highest BCUT2D eigenvalue weighted by atomic mass is 15.3. The summed E-state index contributed by atoms with van der Waals surface area (Å²) in [6, 6.07) is 10.8. The van der Waals surface area contributed by atoms with Gasteiger partial charge in [0.2, 0.25) is 5.95 Å². The van der Waals surface area contributed by atoms with Gasteiger partial charge < -0.3 is 14.7 Å². The number of rotatable bonds is 3. The molecule has 126 valence electrons. The van der Waals surface area contributed by atoms with Crippen LogP contribution in [0.4, 0.5) is 17.5 Å². The fourth-order valence-corrected chi connectivity index (χ4v) is 3.60. The van der Waals surface area contributed by atoms with E-state index in [0.717, 1.165) is 51.0 Å². The molecule has 0 N–H and O–H groups in total. The zero-order chi connectivity index (χ0) is 16.4. The molecule has 0 aliphatic carbocycles. The molecular formula is C19H25N5. The minimum absolute atomic E-state index is 0.878. The monoisotopic (exact) mass is 323 g/mol. The Labute approximate surface area is 143 Å². The molecule has 1 aromatic carbocycles. The highest BCUT2D eigenvalue weighted by Crippen LogP contribution is 2.22. The van der Waals surface area contributed by atoms with E-state index >= 15 is 0 Å². The second kappa shape index (κ2) is 6.67. The molecule has 2 aliphatic rings. The van der Waals surface area contributed by atoms with Crippen molar-refractivity contribution >= 4 is 17.5 Å². The molecule has 3 heterocycles. The third-order valence-corrected chi connectivity index (χ3v) is 4.99. The van der Waals surface area contributed by atoms with E-state index in [1.807, 2.05) is 12.3 Å². The molecule has 5 nitrogen and oxygen atoms in total. The summed E-state index contributed by atoms with van der Waals surface area (Å²) in [5, 5.41) is 0. The van der Waals surface area contributed by atoms with Crippen LogP contribution >= 0.6 is 0 Å². The standard InChI is InChI=1S/C19H25N5/c1-16-5-4-6-17(15-16)22-11-13-24(14-12-22)19-20-8-7-18(21-19)23-9-2-3-10-23/h4-8,15H,2-3,9-14H2,1H3. The van der Waals surface area contributed by atoms with Crippen LogP contribution in [0.3, 0.4) is 0 Å². The summed E-state index contributed by atoms with van der Waals surface area (Å²) in [7, 11) is 0. The Balaban J connectivity index is 1.43. The lowest BCUT2D eigenvalue weighted by atomic mass is 10.2. The van der Waals surface area contributed by atoms with Gasteiger partial charge in [0.15, 0.2) is 0 Å². The Bertz CT molecular complexity index is 688. The van der Waals surface area contributed by atoms with Crippen LogP contribution in [0, 0.1) is 6.92 Å². The number of aryl methyl sites for hydroxylation is 1. The highest BCUT2D eigenvalue weighted by molar-refractivity contribution is 5.51. The van der Waals surface area contributed by atoms with Crippen molar-refractivity contribution in [3.05, 3.63) is 42.1 Å². The van der Waals surface area contributed by atoms with E-state index in [0.29, 0.717) is 0 Å². The number of aromatic nitrogens is 2. The predicted molar refractivity (Wildman–Crippen MR) is 99.1 cm³/mol. The van der Waals surface area contributed by atoms with Crippen LogP contribution in [0.15, 0.2) is 36.5 Å². The number of nitrogens with zero attached hydrogens (tertiary/aromatic N) is 5. The van der Waals surface area contributed by atoms with Crippen molar-refractivity contribution in [3.8, 4) is 0 Å². The van der Waals surface area contributed by atoms with Crippen LogP contribution in [0.1, 0.15) is 18.4 Å². The van der Waals surface area contributed by atoms with E-state index in [2.05, 4.69) is 50.9 Å². The number of anilines is 3. The Morgan fingerprint density at radius 2 is 1.58 bits per heavy atom. The van der Waals surface area contributed by atoms with Gasteiger partial charge in [-0.1, -0.05) is 12.1 Å². The largest absolute Gasteiger partial charge is 0.368 e. The zero-order valence-corrected chi connectivity index (χ0v) is 14.4. The fraction of sp³-hybridized carbons (Fsp3) is 0.474. The first-order valence-corrected chi connectivity index (χ1v) is 8.94. The molecule has 24 heavy (non-hydrogen) atoms. The van der Waals surface area contributed by atoms with Crippen molar-refractivity contribution in [3.63, 3.8) is 0 Å². The van der Waals surface area contributed by atoms with Crippen molar-refractivity contribution in [2.75, 3.05) is 54.0 Å². The first-order chi connectivity index (χ1) is 11.8. The van der Waals surface area contributed by atoms with Crippen molar-refractivity contribution in [1.82, 2.24) is 9.97 Å². The molecule has 0 amide bonds. The Morgan fingerprint density at radius 3 is 2.33 bits per heavy atom. The van der Waals surface area contributed by atoms with Gasteiger partial charge in [-0.3, -0.25) is 0 Å². The molecule has 1 aromatic heterocycles. The second-order valence-corrected chi connectivity index (χ2v) is 6.72. The summed E-state index contributed by atoms with van der Waals surface area (Å²) in [4.78, 5) is 16.5. The van der Waals surface area contributed by atoms with E-state index < -0.39 is 0 Å². The summed E-state index contributed by atoms with van der Waals surface area (Å²) >= 11 is 0. The van der Waals surface area contributed by atoms with Crippen LogP contribution in [0.25, 0.3) is 0 Å². The zero-order valence-electron chi connectivity index (χ0n) is 14.4. The maximum Gasteiger partial charge on any atom is 0.227 e. The van der Waals surface area contributed by atoms with E-state index in [1.165, 1.54) is 24.1 Å². The predicted octanol–water partition coefficient (Wildman–Crippen LogP) is 2.71. The van der Waals surface area contributed by atoms with Crippen molar-refractivity contribution in [1.29, 1.82) is 0 Å². The molecule has 2 aliphatic heterocycles. The molecule has 0 spiro atoms. The lowest BCUT2D eigenvalue weighted by Crippen LogP contribution is -2.47. The number of benzene rings is 1. The van der Waals surface area contributed by atoms with Gasteiger partial charge in [-0.2, -0.15) is 4.98 Å².